The summed E-state index contributed by atoms with van der Waals surface area (Å²) in [6, 6.07) is -0.148. The van der Waals surface area contributed by atoms with Crippen LogP contribution in [0.1, 0.15) is 11.6 Å². The van der Waals surface area contributed by atoms with Gasteiger partial charge in [-0.2, -0.15) is 13.2 Å². The van der Waals surface area contributed by atoms with E-state index < -0.39 is 29.7 Å². The maximum absolute atomic E-state index is 13.7. The summed E-state index contributed by atoms with van der Waals surface area (Å²) in [4.78, 5) is 0. The van der Waals surface area contributed by atoms with Crippen molar-refractivity contribution >= 4 is 12.4 Å². The van der Waals surface area contributed by atoms with E-state index in [0.29, 0.717) is 0 Å². The molecule has 0 aromatic heterocycles. The number of nitrogens with two attached hydrogens (primary N) is 1. The first-order chi connectivity index (χ1) is 8.72. The second-order valence-electron chi connectivity index (χ2n) is 3.74. The summed E-state index contributed by atoms with van der Waals surface area (Å²) in [6.07, 6.45) is -7.82. The number of aliphatic hydroxyl groups excluding tert-OH is 1. The molecule has 3 N–H and O–H groups in total. The molecule has 0 heterocycles. The highest BCUT2D eigenvalue weighted by Crippen LogP contribution is 2.35. The molecule has 0 radical (unpaired) electrons. The molecule has 0 fully saturated rings. The van der Waals surface area contributed by atoms with Crippen molar-refractivity contribution in [2.75, 3.05) is 14.2 Å². The standard InChI is InChI=1S/C11H13F4NO3.ClH/c1-18-7-3-5(6(12)4-8(7)19-2)9(16)10(17)11(13,14)15;/h3-4,9-10,17H,16H2,1-2H3;1H/t9-,10-;/m1./s1. The fourth-order valence-electron chi connectivity index (χ4n) is 1.50. The lowest BCUT2D eigenvalue weighted by molar-refractivity contribution is -0.210. The molecule has 0 bridgehead atoms. The number of aliphatic hydroxyl groups is 1. The van der Waals surface area contributed by atoms with Crippen LogP contribution in [0.15, 0.2) is 12.1 Å². The fraction of sp³-hybridized carbons (Fsp3) is 0.455. The van der Waals surface area contributed by atoms with Gasteiger partial charge in [-0.1, -0.05) is 0 Å². The Morgan fingerprint density at radius 3 is 2.00 bits per heavy atom. The van der Waals surface area contributed by atoms with Gasteiger partial charge in [-0.25, -0.2) is 4.39 Å². The smallest absolute Gasteiger partial charge is 0.416 e. The van der Waals surface area contributed by atoms with E-state index >= 15 is 0 Å². The van der Waals surface area contributed by atoms with Crippen molar-refractivity contribution in [3.05, 3.63) is 23.5 Å². The lowest BCUT2D eigenvalue weighted by Gasteiger charge is -2.22. The third kappa shape index (κ3) is 3.87. The summed E-state index contributed by atoms with van der Waals surface area (Å²) in [7, 11) is 2.49. The number of hydrogen-bond donors (Lipinski definition) is 2. The Morgan fingerprint density at radius 1 is 1.15 bits per heavy atom. The highest BCUT2D eigenvalue weighted by atomic mass is 35.5. The van der Waals surface area contributed by atoms with Crippen molar-refractivity contribution in [3.63, 3.8) is 0 Å². The van der Waals surface area contributed by atoms with Crippen LogP contribution in [0.3, 0.4) is 0 Å². The third-order valence-electron chi connectivity index (χ3n) is 2.54. The van der Waals surface area contributed by atoms with Gasteiger partial charge in [0.25, 0.3) is 0 Å². The highest BCUT2D eigenvalue weighted by Gasteiger charge is 2.43. The molecule has 0 saturated heterocycles. The lowest BCUT2D eigenvalue weighted by atomic mass is 10.0. The number of halogens is 5. The summed E-state index contributed by atoms with van der Waals surface area (Å²) in [5, 5.41) is 9.03. The van der Waals surface area contributed by atoms with E-state index in [9.17, 15) is 17.6 Å². The van der Waals surface area contributed by atoms with Crippen molar-refractivity contribution in [1.82, 2.24) is 0 Å². The van der Waals surface area contributed by atoms with E-state index in [2.05, 4.69) is 0 Å². The number of benzene rings is 1. The maximum Gasteiger partial charge on any atom is 0.416 e. The molecule has 9 heteroatoms. The van der Waals surface area contributed by atoms with Crippen LogP contribution in [0.5, 0.6) is 11.5 Å². The van der Waals surface area contributed by atoms with Gasteiger partial charge in [-0.05, 0) is 6.07 Å². The Morgan fingerprint density at radius 2 is 1.60 bits per heavy atom. The molecule has 4 nitrogen and oxygen atoms in total. The topological polar surface area (TPSA) is 64.7 Å². The lowest BCUT2D eigenvalue weighted by Crippen LogP contribution is -2.39. The zero-order chi connectivity index (χ0) is 14.8. The van der Waals surface area contributed by atoms with Crippen LogP contribution in [0.25, 0.3) is 0 Å². The van der Waals surface area contributed by atoms with Crippen LogP contribution in [0, 0.1) is 5.82 Å². The maximum atomic E-state index is 13.7. The molecular formula is C11H14ClF4NO3. The minimum Gasteiger partial charge on any atom is -0.493 e. The molecule has 0 saturated carbocycles. The van der Waals surface area contributed by atoms with Gasteiger partial charge >= 0.3 is 6.18 Å². The molecule has 0 aliphatic heterocycles. The zero-order valence-corrected chi connectivity index (χ0v) is 11.4. The Kier molecular flexibility index (Phi) is 6.52. The first kappa shape index (κ1) is 18.8. The van der Waals surface area contributed by atoms with Crippen LogP contribution in [0.2, 0.25) is 0 Å². The van der Waals surface area contributed by atoms with Gasteiger partial charge in [-0.3, -0.25) is 0 Å². The van der Waals surface area contributed by atoms with Gasteiger partial charge in [0, 0.05) is 11.6 Å². The average molecular weight is 320 g/mol. The van der Waals surface area contributed by atoms with Gasteiger partial charge in [0.05, 0.1) is 20.3 Å². The summed E-state index contributed by atoms with van der Waals surface area (Å²) >= 11 is 0. The highest BCUT2D eigenvalue weighted by molar-refractivity contribution is 5.85. The van der Waals surface area contributed by atoms with E-state index in [1.807, 2.05) is 0 Å². The first-order valence-corrected chi connectivity index (χ1v) is 5.14. The molecule has 0 aliphatic carbocycles. The number of methoxy groups -OCH3 is 2. The first-order valence-electron chi connectivity index (χ1n) is 5.14. The molecule has 0 aliphatic rings. The molecule has 116 valence electrons. The molecular weight excluding hydrogens is 306 g/mol. The van der Waals surface area contributed by atoms with Gasteiger partial charge in [-0.15, -0.1) is 12.4 Å². The van der Waals surface area contributed by atoms with Crippen LogP contribution >= 0.6 is 12.4 Å². The SMILES string of the molecule is COc1cc(F)c([C@@H](N)[C@@H](O)C(F)(F)F)cc1OC.Cl. The normalized spacial score (nSPS) is 14.2. The molecule has 0 unspecified atom stereocenters. The average Bonchev–Trinajstić information content (AvgIpc) is 2.35. The Labute approximate surface area is 118 Å². The Hall–Kier alpha value is -1.25. The molecule has 20 heavy (non-hydrogen) atoms. The van der Waals surface area contributed by atoms with E-state index in [0.717, 1.165) is 12.1 Å². The van der Waals surface area contributed by atoms with Gasteiger partial charge in [0.2, 0.25) is 0 Å². The van der Waals surface area contributed by atoms with E-state index in [-0.39, 0.29) is 23.9 Å². The zero-order valence-electron chi connectivity index (χ0n) is 10.6. The van der Waals surface area contributed by atoms with Crippen LogP contribution in [0.4, 0.5) is 17.6 Å². The van der Waals surface area contributed by atoms with Crippen LogP contribution in [-0.4, -0.2) is 31.6 Å². The predicted molar refractivity (Wildman–Crippen MR) is 65.7 cm³/mol. The second kappa shape index (κ2) is 6.96. The fourth-order valence-corrected chi connectivity index (χ4v) is 1.50. The molecule has 0 spiro atoms. The van der Waals surface area contributed by atoms with E-state index in [4.69, 9.17) is 20.3 Å². The summed E-state index contributed by atoms with van der Waals surface area (Å²) in [5.41, 5.74) is 4.72. The van der Waals surface area contributed by atoms with Crippen LogP contribution < -0.4 is 15.2 Å². The number of alkyl halides is 3. The van der Waals surface area contributed by atoms with Crippen molar-refractivity contribution < 1.29 is 32.1 Å². The summed E-state index contributed by atoms with van der Waals surface area (Å²) in [5.74, 6) is -0.991. The summed E-state index contributed by atoms with van der Waals surface area (Å²) < 4.78 is 60.3. The number of rotatable bonds is 4. The van der Waals surface area contributed by atoms with Gasteiger partial charge in [0.15, 0.2) is 17.6 Å². The van der Waals surface area contributed by atoms with Crippen molar-refractivity contribution in [2.24, 2.45) is 5.73 Å². The van der Waals surface area contributed by atoms with E-state index in [1.165, 1.54) is 14.2 Å². The molecule has 2 atom stereocenters. The minimum absolute atomic E-state index is 0. The molecule has 0 amide bonds. The minimum atomic E-state index is -4.95. The summed E-state index contributed by atoms with van der Waals surface area (Å²) in [6.45, 7) is 0. The van der Waals surface area contributed by atoms with E-state index in [1.54, 1.807) is 0 Å². The number of hydrogen-bond acceptors (Lipinski definition) is 4. The largest absolute Gasteiger partial charge is 0.493 e. The number of ether oxygens (including phenoxy) is 2. The third-order valence-corrected chi connectivity index (χ3v) is 2.54. The Bertz CT molecular complexity index is 456. The second-order valence-corrected chi connectivity index (χ2v) is 3.74. The molecule has 1 aromatic carbocycles. The van der Waals surface area contributed by atoms with Crippen LogP contribution in [-0.2, 0) is 0 Å². The molecule has 1 aromatic rings. The Balaban J connectivity index is 0.00000361. The quantitative estimate of drug-likeness (QED) is 0.835. The monoisotopic (exact) mass is 319 g/mol. The molecule has 1 rings (SSSR count). The van der Waals surface area contributed by atoms with Crippen molar-refractivity contribution in [2.45, 2.75) is 18.3 Å². The van der Waals surface area contributed by atoms with Crippen molar-refractivity contribution in [1.29, 1.82) is 0 Å². The van der Waals surface area contributed by atoms with Gasteiger partial charge < -0.3 is 20.3 Å². The van der Waals surface area contributed by atoms with Crippen molar-refractivity contribution in [3.8, 4) is 11.5 Å². The predicted octanol–water partition coefficient (Wildman–Crippen LogP) is 2.19. The van der Waals surface area contributed by atoms with Gasteiger partial charge in [0.1, 0.15) is 5.82 Å².